The average molecular weight is 496 g/mol. The zero-order chi connectivity index (χ0) is 25.8. The quantitative estimate of drug-likeness (QED) is 0.398. The van der Waals surface area contributed by atoms with Gasteiger partial charge < -0.3 is 14.5 Å². The number of ketones is 1. The third kappa shape index (κ3) is 7.10. The molecule has 0 radical (unpaired) electrons. The first-order valence-electron chi connectivity index (χ1n) is 12.0. The van der Waals surface area contributed by atoms with Crippen LogP contribution in [-0.2, 0) is 32.2 Å². The van der Waals surface area contributed by atoms with Crippen molar-refractivity contribution in [1.82, 2.24) is 9.78 Å². The molecule has 7 nitrogen and oxygen atoms in total. The maximum atomic E-state index is 13.3. The number of carbonyl (C=O) groups is 2. The SMILES string of the molecule is C[C@@H](CO[Si](C)(C)C(C)(C)C)OC1C=C(Cc2ccccc2)C=C(C(=O)Nc2ccn(C)n2)C1=O. The largest absolute Gasteiger partial charge is 0.414 e. The number of aryl methyl sites for hydroxylation is 1. The van der Waals surface area contributed by atoms with Crippen LogP contribution in [0.3, 0.4) is 0 Å². The number of nitrogens with one attached hydrogen (secondary N) is 1. The monoisotopic (exact) mass is 495 g/mol. The number of anilines is 1. The molecule has 35 heavy (non-hydrogen) atoms. The third-order valence-electron chi connectivity index (χ3n) is 6.53. The molecule has 1 N–H and O–H groups in total. The lowest BCUT2D eigenvalue weighted by molar-refractivity contribution is -0.129. The highest BCUT2D eigenvalue weighted by atomic mass is 28.4. The Morgan fingerprint density at radius 3 is 2.49 bits per heavy atom. The predicted octanol–water partition coefficient (Wildman–Crippen LogP) is 4.83. The first kappa shape index (κ1) is 26.8. The Hall–Kier alpha value is -2.81. The summed E-state index contributed by atoms with van der Waals surface area (Å²) in [6.07, 6.45) is 4.61. The van der Waals surface area contributed by atoms with Gasteiger partial charge in [-0.25, -0.2) is 0 Å². The van der Waals surface area contributed by atoms with E-state index < -0.39 is 20.3 Å². The lowest BCUT2D eigenvalue weighted by Gasteiger charge is -2.37. The number of ether oxygens (including phenoxy) is 1. The molecule has 2 aromatic rings. The number of rotatable bonds is 9. The summed E-state index contributed by atoms with van der Waals surface area (Å²) in [6, 6.07) is 11.6. The van der Waals surface area contributed by atoms with Gasteiger partial charge in [-0.15, -0.1) is 0 Å². The number of nitrogens with zero attached hydrogens (tertiary/aromatic N) is 2. The van der Waals surface area contributed by atoms with Crippen LogP contribution in [0, 0.1) is 0 Å². The van der Waals surface area contributed by atoms with E-state index in [-0.39, 0.29) is 22.5 Å². The van der Waals surface area contributed by atoms with E-state index >= 15 is 0 Å². The maximum Gasteiger partial charge on any atom is 0.260 e. The van der Waals surface area contributed by atoms with Crippen molar-refractivity contribution in [3.8, 4) is 0 Å². The van der Waals surface area contributed by atoms with Gasteiger partial charge in [0.1, 0.15) is 6.10 Å². The molecule has 188 valence electrons. The van der Waals surface area contributed by atoms with Crippen molar-refractivity contribution in [3.63, 3.8) is 0 Å². The molecule has 1 aromatic carbocycles. The summed E-state index contributed by atoms with van der Waals surface area (Å²) < 4.78 is 14.0. The summed E-state index contributed by atoms with van der Waals surface area (Å²) in [5.74, 6) is -0.473. The van der Waals surface area contributed by atoms with E-state index in [1.54, 1.807) is 30.1 Å². The van der Waals surface area contributed by atoms with E-state index in [0.717, 1.165) is 11.1 Å². The van der Waals surface area contributed by atoms with E-state index in [1.165, 1.54) is 0 Å². The first-order valence-corrected chi connectivity index (χ1v) is 14.9. The van der Waals surface area contributed by atoms with Crippen molar-refractivity contribution in [2.24, 2.45) is 7.05 Å². The molecule has 0 aliphatic heterocycles. The summed E-state index contributed by atoms with van der Waals surface area (Å²) in [5, 5.41) is 6.98. The van der Waals surface area contributed by atoms with Gasteiger partial charge in [0.05, 0.1) is 18.3 Å². The van der Waals surface area contributed by atoms with Crippen molar-refractivity contribution < 1.29 is 18.8 Å². The number of aromatic nitrogens is 2. The lowest BCUT2D eigenvalue weighted by Crippen LogP contribution is -2.43. The minimum atomic E-state index is -1.95. The van der Waals surface area contributed by atoms with Crippen molar-refractivity contribution >= 4 is 25.8 Å². The van der Waals surface area contributed by atoms with Crippen LogP contribution in [0.5, 0.6) is 0 Å². The Labute approximate surface area is 209 Å². The maximum absolute atomic E-state index is 13.3. The Morgan fingerprint density at radius 1 is 1.20 bits per heavy atom. The van der Waals surface area contributed by atoms with Crippen LogP contribution < -0.4 is 5.32 Å². The van der Waals surface area contributed by atoms with Crippen LogP contribution in [0.4, 0.5) is 5.82 Å². The number of carbonyl (C=O) groups excluding carboxylic acids is 2. The van der Waals surface area contributed by atoms with Crippen molar-refractivity contribution in [3.05, 3.63) is 71.5 Å². The molecular formula is C27H37N3O4Si. The van der Waals surface area contributed by atoms with Gasteiger partial charge in [-0.3, -0.25) is 14.3 Å². The summed E-state index contributed by atoms with van der Waals surface area (Å²) >= 11 is 0. The third-order valence-corrected chi connectivity index (χ3v) is 11.0. The van der Waals surface area contributed by atoms with Crippen molar-refractivity contribution in [2.75, 3.05) is 11.9 Å². The van der Waals surface area contributed by atoms with E-state index in [1.807, 2.05) is 43.3 Å². The number of benzene rings is 1. The van der Waals surface area contributed by atoms with Gasteiger partial charge in [-0.2, -0.15) is 5.10 Å². The van der Waals surface area contributed by atoms with E-state index in [4.69, 9.17) is 9.16 Å². The van der Waals surface area contributed by atoms with Gasteiger partial charge >= 0.3 is 0 Å². The molecule has 8 heteroatoms. The Bertz CT molecular complexity index is 1110. The smallest absolute Gasteiger partial charge is 0.260 e. The Morgan fingerprint density at radius 2 is 1.89 bits per heavy atom. The highest BCUT2D eigenvalue weighted by molar-refractivity contribution is 6.74. The number of amides is 1. The number of Topliss-reactive ketones (excluding diaryl/α,β-unsaturated/α-hetero) is 1. The fourth-order valence-corrected chi connectivity index (χ4v) is 4.53. The van der Waals surface area contributed by atoms with E-state index in [0.29, 0.717) is 18.8 Å². The molecule has 1 amide bonds. The van der Waals surface area contributed by atoms with Crippen LogP contribution in [0.15, 0.2) is 65.9 Å². The lowest BCUT2D eigenvalue weighted by atomic mass is 9.91. The summed E-state index contributed by atoms with van der Waals surface area (Å²) in [7, 11) is -0.190. The van der Waals surface area contributed by atoms with Gasteiger partial charge in [0.2, 0.25) is 5.78 Å². The molecule has 0 fully saturated rings. The highest BCUT2D eigenvalue weighted by Crippen LogP contribution is 2.36. The van der Waals surface area contributed by atoms with Gasteiger partial charge in [0, 0.05) is 19.3 Å². The van der Waals surface area contributed by atoms with Gasteiger partial charge in [0.25, 0.3) is 5.91 Å². The molecule has 1 aromatic heterocycles. The molecule has 1 aliphatic rings. The number of hydrogen-bond donors (Lipinski definition) is 1. The molecule has 0 spiro atoms. The Kier molecular flexibility index (Phi) is 8.30. The number of allylic oxidation sites excluding steroid dienone is 2. The molecule has 1 heterocycles. The Balaban J connectivity index is 1.78. The minimum absolute atomic E-state index is 0.0617. The van der Waals surface area contributed by atoms with Crippen LogP contribution in [0.1, 0.15) is 33.3 Å². The fourth-order valence-electron chi connectivity index (χ4n) is 3.45. The molecule has 0 saturated heterocycles. The molecule has 0 saturated carbocycles. The van der Waals surface area contributed by atoms with Gasteiger partial charge in [-0.1, -0.05) is 51.1 Å². The van der Waals surface area contributed by atoms with Crippen LogP contribution in [-0.4, -0.2) is 48.6 Å². The standard InChI is InChI=1S/C27H37N3O4Si/c1-19(18-33-35(6,7)27(2,3)4)34-23-17-21(15-20-11-9-8-10-12-20)16-22(25(23)31)26(32)28-24-13-14-30(5)29-24/h8-14,16-17,19,23H,15,18H2,1-7H3,(H,28,29,32)/t19-,23?/m0/s1. The molecule has 1 aliphatic carbocycles. The summed E-state index contributed by atoms with van der Waals surface area (Å²) in [6.45, 7) is 13.2. The molecule has 1 unspecified atom stereocenters. The van der Waals surface area contributed by atoms with Crippen molar-refractivity contribution in [2.45, 2.75) is 64.5 Å². The zero-order valence-corrected chi connectivity index (χ0v) is 22.8. The number of hydrogen-bond acceptors (Lipinski definition) is 5. The summed E-state index contributed by atoms with van der Waals surface area (Å²) in [4.78, 5) is 26.3. The minimum Gasteiger partial charge on any atom is -0.414 e. The molecule has 3 rings (SSSR count). The predicted molar refractivity (Wildman–Crippen MR) is 141 cm³/mol. The molecular weight excluding hydrogens is 458 g/mol. The topological polar surface area (TPSA) is 82.4 Å². The zero-order valence-electron chi connectivity index (χ0n) is 21.8. The fraction of sp³-hybridized carbons (Fsp3) is 0.444. The van der Waals surface area contributed by atoms with Crippen LogP contribution in [0.25, 0.3) is 0 Å². The van der Waals surface area contributed by atoms with Crippen LogP contribution >= 0.6 is 0 Å². The van der Waals surface area contributed by atoms with Gasteiger partial charge in [-0.05, 0) is 54.8 Å². The second-order valence-electron chi connectivity index (χ2n) is 10.6. The second kappa shape index (κ2) is 10.8. The molecule has 0 bridgehead atoms. The van der Waals surface area contributed by atoms with E-state index in [2.05, 4.69) is 44.3 Å². The normalized spacial score (nSPS) is 17.6. The van der Waals surface area contributed by atoms with E-state index in [9.17, 15) is 9.59 Å². The average Bonchev–Trinajstić information content (AvgIpc) is 3.18. The summed E-state index contributed by atoms with van der Waals surface area (Å²) in [5.41, 5.74) is 2.00. The van der Waals surface area contributed by atoms with Crippen molar-refractivity contribution in [1.29, 1.82) is 0 Å². The highest BCUT2D eigenvalue weighted by Gasteiger charge is 2.38. The molecule has 2 atom stereocenters. The first-order chi connectivity index (χ1) is 16.4. The second-order valence-corrected chi connectivity index (χ2v) is 15.4. The van der Waals surface area contributed by atoms with Crippen LogP contribution in [0.2, 0.25) is 18.1 Å². The van der Waals surface area contributed by atoms with Gasteiger partial charge in [0.15, 0.2) is 14.1 Å².